The number of anilines is 1. The lowest BCUT2D eigenvalue weighted by Gasteiger charge is -2.05. The highest BCUT2D eigenvalue weighted by Crippen LogP contribution is 2.28. The number of benzene rings is 2. The molecule has 5 nitrogen and oxygen atoms in total. The molecule has 0 fully saturated rings. The van der Waals surface area contributed by atoms with Crippen molar-refractivity contribution in [2.45, 2.75) is 0 Å². The van der Waals surface area contributed by atoms with Gasteiger partial charge in [-0.3, -0.25) is 0 Å². The molecule has 0 aliphatic rings. The third-order valence-corrected chi connectivity index (χ3v) is 3.19. The van der Waals surface area contributed by atoms with Gasteiger partial charge in [0.25, 0.3) is 0 Å². The summed E-state index contributed by atoms with van der Waals surface area (Å²) < 4.78 is 10.4. The minimum atomic E-state index is 0.586. The smallest absolute Gasteiger partial charge is 0.141 e. The van der Waals surface area contributed by atoms with Crippen molar-refractivity contribution in [1.82, 2.24) is 9.97 Å². The van der Waals surface area contributed by atoms with E-state index < -0.39 is 0 Å². The van der Waals surface area contributed by atoms with Gasteiger partial charge >= 0.3 is 0 Å². The van der Waals surface area contributed by atoms with Crippen LogP contribution in [0.3, 0.4) is 0 Å². The van der Waals surface area contributed by atoms with Gasteiger partial charge in [0.05, 0.1) is 30.9 Å². The molecule has 3 aromatic rings. The molecule has 1 aromatic heterocycles. The van der Waals surface area contributed by atoms with E-state index in [-0.39, 0.29) is 0 Å². The summed E-state index contributed by atoms with van der Waals surface area (Å²) in [6, 6.07) is 11.3. The van der Waals surface area contributed by atoms with Crippen molar-refractivity contribution < 1.29 is 9.47 Å². The Morgan fingerprint density at radius 2 is 1.90 bits per heavy atom. The molecule has 0 atom stereocenters. The van der Waals surface area contributed by atoms with Gasteiger partial charge in [0.1, 0.15) is 17.3 Å². The number of H-pyrrole nitrogens is 1. The van der Waals surface area contributed by atoms with E-state index in [4.69, 9.17) is 15.2 Å². The lowest BCUT2D eigenvalue weighted by Crippen LogP contribution is -1.92. The molecule has 5 heteroatoms. The number of ether oxygens (including phenoxy) is 2. The number of nitrogens with zero attached hydrogens (tertiary/aromatic N) is 1. The number of aromatic nitrogens is 2. The van der Waals surface area contributed by atoms with Gasteiger partial charge in [-0.2, -0.15) is 0 Å². The molecule has 1 heterocycles. The van der Waals surface area contributed by atoms with Gasteiger partial charge in [0.2, 0.25) is 0 Å². The molecule has 0 bridgehead atoms. The number of nitrogens with one attached hydrogen (secondary N) is 1. The topological polar surface area (TPSA) is 73.2 Å². The first-order valence-corrected chi connectivity index (χ1v) is 6.19. The number of hydrogen-bond acceptors (Lipinski definition) is 4. The number of methoxy groups -OCH3 is 2. The van der Waals surface area contributed by atoms with Crippen LogP contribution in [0, 0.1) is 0 Å². The summed E-state index contributed by atoms with van der Waals surface area (Å²) in [6.45, 7) is 0. The fraction of sp³-hybridized carbons (Fsp3) is 0.133. The monoisotopic (exact) mass is 269 g/mol. The molecule has 102 valence electrons. The maximum absolute atomic E-state index is 5.92. The first-order chi connectivity index (χ1) is 9.71. The zero-order chi connectivity index (χ0) is 14.1. The summed E-state index contributed by atoms with van der Waals surface area (Å²) in [5.41, 5.74) is 9.23. The molecule has 0 aliphatic carbocycles. The Labute approximate surface area is 116 Å². The normalized spacial score (nSPS) is 10.7. The van der Waals surface area contributed by atoms with Crippen molar-refractivity contribution in [3.05, 3.63) is 36.4 Å². The van der Waals surface area contributed by atoms with Crippen molar-refractivity contribution >= 4 is 16.7 Å². The average molecular weight is 269 g/mol. The fourth-order valence-electron chi connectivity index (χ4n) is 2.13. The van der Waals surface area contributed by atoms with Crippen LogP contribution in [0.15, 0.2) is 36.4 Å². The van der Waals surface area contributed by atoms with E-state index in [9.17, 15) is 0 Å². The Morgan fingerprint density at radius 3 is 2.60 bits per heavy atom. The van der Waals surface area contributed by atoms with Gasteiger partial charge in [0.15, 0.2) is 0 Å². The van der Waals surface area contributed by atoms with Gasteiger partial charge in [-0.15, -0.1) is 0 Å². The molecule has 0 aliphatic heterocycles. The molecular formula is C15H15N3O2. The quantitative estimate of drug-likeness (QED) is 0.717. The molecule has 0 spiro atoms. The number of rotatable bonds is 3. The van der Waals surface area contributed by atoms with Crippen molar-refractivity contribution in [1.29, 1.82) is 0 Å². The number of nitrogens with two attached hydrogens (primary N) is 1. The zero-order valence-corrected chi connectivity index (χ0v) is 11.3. The van der Waals surface area contributed by atoms with Crippen LogP contribution < -0.4 is 15.2 Å². The highest BCUT2D eigenvalue weighted by atomic mass is 16.5. The number of nitrogen functional groups attached to an aromatic ring is 1. The van der Waals surface area contributed by atoms with Crippen LogP contribution in [0.25, 0.3) is 22.4 Å². The van der Waals surface area contributed by atoms with E-state index in [0.717, 1.165) is 28.2 Å². The largest absolute Gasteiger partial charge is 0.497 e. The number of aromatic amines is 1. The Balaban J connectivity index is 2.07. The summed E-state index contributed by atoms with van der Waals surface area (Å²) in [5.74, 6) is 2.22. The first-order valence-electron chi connectivity index (χ1n) is 6.19. The van der Waals surface area contributed by atoms with Crippen molar-refractivity contribution in [2.24, 2.45) is 0 Å². The molecule has 20 heavy (non-hydrogen) atoms. The second-order valence-corrected chi connectivity index (χ2v) is 4.43. The van der Waals surface area contributed by atoms with Crippen LogP contribution in [0.1, 0.15) is 0 Å². The van der Waals surface area contributed by atoms with Crippen LogP contribution in [0.5, 0.6) is 11.5 Å². The number of imidazole rings is 1. The van der Waals surface area contributed by atoms with E-state index in [2.05, 4.69) is 9.97 Å². The van der Waals surface area contributed by atoms with E-state index >= 15 is 0 Å². The number of hydrogen-bond donors (Lipinski definition) is 2. The maximum Gasteiger partial charge on any atom is 0.141 e. The Morgan fingerprint density at radius 1 is 1.05 bits per heavy atom. The van der Waals surface area contributed by atoms with Gasteiger partial charge in [0, 0.05) is 11.6 Å². The lowest BCUT2D eigenvalue weighted by atomic mass is 10.2. The summed E-state index contributed by atoms with van der Waals surface area (Å²) in [5, 5.41) is 0. The van der Waals surface area contributed by atoms with Crippen molar-refractivity contribution in [2.75, 3.05) is 20.0 Å². The Hall–Kier alpha value is -2.69. The third kappa shape index (κ3) is 2.03. The van der Waals surface area contributed by atoms with E-state index in [0.29, 0.717) is 11.4 Å². The first kappa shape index (κ1) is 12.3. The standard InChI is InChI=1S/C15H15N3O2/c1-19-10-4-5-12-13(8-10)18-15(17-12)9-3-6-14(20-2)11(16)7-9/h3-8H,16H2,1-2H3,(H,17,18). The molecule has 0 unspecified atom stereocenters. The molecule has 3 N–H and O–H groups in total. The summed E-state index contributed by atoms with van der Waals surface area (Å²) in [6.07, 6.45) is 0. The summed E-state index contributed by atoms with van der Waals surface area (Å²) >= 11 is 0. The second kappa shape index (κ2) is 4.77. The van der Waals surface area contributed by atoms with Crippen molar-refractivity contribution in [3.8, 4) is 22.9 Å². The minimum absolute atomic E-state index is 0.586. The summed E-state index contributed by atoms with van der Waals surface area (Å²) in [7, 11) is 3.24. The van der Waals surface area contributed by atoms with Crippen LogP contribution >= 0.6 is 0 Å². The van der Waals surface area contributed by atoms with E-state index in [1.54, 1.807) is 14.2 Å². The van der Waals surface area contributed by atoms with Gasteiger partial charge < -0.3 is 20.2 Å². The predicted molar refractivity (Wildman–Crippen MR) is 79.0 cm³/mol. The van der Waals surface area contributed by atoms with Crippen LogP contribution in [-0.2, 0) is 0 Å². The van der Waals surface area contributed by atoms with Gasteiger partial charge in [-0.25, -0.2) is 4.98 Å². The molecular weight excluding hydrogens is 254 g/mol. The zero-order valence-electron chi connectivity index (χ0n) is 11.3. The predicted octanol–water partition coefficient (Wildman–Crippen LogP) is 2.83. The maximum atomic E-state index is 5.92. The molecule has 0 radical (unpaired) electrons. The minimum Gasteiger partial charge on any atom is -0.497 e. The Kier molecular flexibility index (Phi) is 2.95. The van der Waals surface area contributed by atoms with Crippen LogP contribution in [0.4, 0.5) is 5.69 Å². The van der Waals surface area contributed by atoms with Crippen LogP contribution in [-0.4, -0.2) is 24.2 Å². The molecule has 0 saturated heterocycles. The average Bonchev–Trinajstić information content (AvgIpc) is 2.89. The molecule has 0 saturated carbocycles. The molecule has 3 rings (SSSR count). The van der Waals surface area contributed by atoms with Gasteiger partial charge in [-0.05, 0) is 30.3 Å². The molecule has 0 amide bonds. The van der Waals surface area contributed by atoms with E-state index in [1.807, 2.05) is 36.4 Å². The van der Waals surface area contributed by atoms with Crippen LogP contribution in [0.2, 0.25) is 0 Å². The third-order valence-electron chi connectivity index (χ3n) is 3.19. The Bertz CT molecular complexity index is 765. The number of fused-ring (bicyclic) bond motifs is 1. The SMILES string of the molecule is COc1ccc2nc(-c3ccc(OC)c(N)c3)[nH]c2c1. The fourth-order valence-corrected chi connectivity index (χ4v) is 2.13. The summed E-state index contributed by atoms with van der Waals surface area (Å²) in [4.78, 5) is 7.81. The lowest BCUT2D eigenvalue weighted by molar-refractivity contribution is 0.415. The van der Waals surface area contributed by atoms with Gasteiger partial charge in [-0.1, -0.05) is 0 Å². The van der Waals surface area contributed by atoms with Crippen molar-refractivity contribution in [3.63, 3.8) is 0 Å². The highest BCUT2D eigenvalue weighted by molar-refractivity contribution is 5.81. The second-order valence-electron chi connectivity index (χ2n) is 4.43. The highest BCUT2D eigenvalue weighted by Gasteiger charge is 2.08. The van der Waals surface area contributed by atoms with E-state index in [1.165, 1.54) is 0 Å². The molecule has 2 aromatic carbocycles.